The molecule has 182 valence electrons. The van der Waals surface area contributed by atoms with Crippen LogP contribution in [-0.2, 0) is 9.59 Å². The Bertz CT molecular complexity index is 1090. The van der Waals surface area contributed by atoms with Crippen molar-refractivity contribution in [3.05, 3.63) is 59.7 Å². The van der Waals surface area contributed by atoms with E-state index in [4.69, 9.17) is 13.9 Å². The average molecular weight is 483 g/mol. The minimum absolute atomic E-state index is 0.0162. The topological polar surface area (TPSA) is 82.1 Å². The number of benzene rings is 2. The van der Waals surface area contributed by atoms with Crippen LogP contribution in [0.15, 0.2) is 48.6 Å². The number of aromatic hydroxyl groups is 1. The maximum Gasteiger partial charge on any atom is 0.250 e. The molecule has 0 atom stereocenters. The predicted octanol–water partition coefficient (Wildman–Crippen LogP) is 6.05. The molecule has 0 aromatic heterocycles. The number of carbonyl (C=O) groups excluding carboxylic acids is 2. The molecule has 1 N–H and O–H groups in total. The van der Waals surface area contributed by atoms with Crippen molar-refractivity contribution in [2.45, 2.75) is 45.3 Å². The zero-order valence-electron chi connectivity index (χ0n) is 21.0. The van der Waals surface area contributed by atoms with Crippen LogP contribution in [0.25, 0.3) is 12.2 Å². The molecule has 34 heavy (non-hydrogen) atoms. The fourth-order valence-corrected chi connectivity index (χ4v) is 3.79. The first-order chi connectivity index (χ1) is 15.9. The predicted molar refractivity (Wildman–Crippen MR) is 138 cm³/mol. The highest BCUT2D eigenvalue weighted by Gasteiger charge is 2.39. The summed E-state index contributed by atoms with van der Waals surface area (Å²) < 4.78 is 16.9. The fourth-order valence-electron chi connectivity index (χ4n) is 2.77. The Labute approximate surface area is 203 Å². The standard InChI is InChI=1S/C27H34O6Si/c1-27(2,3)34(6,7)33-24-15-11-20(17-26(24)32-5)9-13-22(29)18-21(28)12-8-19-10-14-23(30)25(16-19)31-4/h8-17,30H,18H2,1-7H3/b12-8+,13-9+. The summed E-state index contributed by atoms with van der Waals surface area (Å²) in [5.41, 5.74) is 1.45. The van der Waals surface area contributed by atoms with Gasteiger partial charge in [0.05, 0.1) is 20.6 Å². The molecule has 7 heteroatoms. The van der Waals surface area contributed by atoms with Crippen molar-refractivity contribution in [2.75, 3.05) is 14.2 Å². The zero-order valence-corrected chi connectivity index (χ0v) is 22.0. The Balaban J connectivity index is 2.03. The van der Waals surface area contributed by atoms with Gasteiger partial charge in [-0.1, -0.05) is 45.1 Å². The monoisotopic (exact) mass is 482 g/mol. The molecule has 2 aromatic carbocycles. The summed E-state index contributed by atoms with van der Waals surface area (Å²) in [5.74, 6) is 0.981. The third-order valence-corrected chi connectivity index (χ3v) is 10.2. The smallest absolute Gasteiger partial charge is 0.250 e. The van der Waals surface area contributed by atoms with E-state index in [1.807, 2.05) is 18.2 Å². The van der Waals surface area contributed by atoms with E-state index >= 15 is 0 Å². The lowest BCUT2D eigenvalue weighted by Gasteiger charge is -2.36. The number of phenols is 1. The number of methoxy groups -OCH3 is 2. The molecule has 0 aliphatic rings. The molecule has 0 fully saturated rings. The zero-order chi connectivity index (χ0) is 25.5. The lowest BCUT2D eigenvalue weighted by atomic mass is 10.1. The first kappa shape index (κ1) is 26.9. The Hall–Kier alpha value is -3.32. The molecular weight excluding hydrogens is 448 g/mol. The van der Waals surface area contributed by atoms with E-state index in [2.05, 4.69) is 33.9 Å². The molecule has 0 aliphatic carbocycles. The van der Waals surface area contributed by atoms with E-state index in [9.17, 15) is 14.7 Å². The number of allylic oxidation sites excluding steroid dienone is 2. The van der Waals surface area contributed by atoms with Crippen molar-refractivity contribution in [3.8, 4) is 23.0 Å². The van der Waals surface area contributed by atoms with Gasteiger partial charge >= 0.3 is 0 Å². The molecule has 0 unspecified atom stereocenters. The lowest BCUT2D eigenvalue weighted by Crippen LogP contribution is -2.43. The molecule has 6 nitrogen and oxygen atoms in total. The van der Waals surface area contributed by atoms with Crippen molar-refractivity contribution in [1.82, 2.24) is 0 Å². The summed E-state index contributed by atoms with van der Waals surface area (Å²) in [5, 5.41) is 9.69. The van der Waals surface area contributed by atoms with E-state index in [1.54, 1.807) is 31.4 Å². The number of ketones is 2. The third kappa shape index (κ3) is 7.35. The van der Waals surface area contributed by atoms with Crippen LogP contribution in [0.2, 0.25) is 18.1 Å². The number of phenolic OH excluding ortho intramolecular Hbond substituents is 1. The quantitative estimate of drug-likeness (QED) is 0.252. The van der Waals surface area contributed by atoms with E-state index in [0.29, 0.717) is 22.8 Å². The van der Waals surface area contributed by atoms with Gasteiger partial charge in [0.15, 0.2) is 28.8 Å². The largest absolute Gasteiger partial charge is 0.541 e. The van der Waals surface area contributed by atoms with Crippen LogP contribution in [0.3, 0.4) is 0 Å². The van der Waals surface area contributed by atoms with Gasteiger partial charge in [-0.2, -0.15) is 0 Å². The number of ether oxygens (including phenoxy) is 2. The summed E-state index contributed by atoms with van der Waals surface area (Å²) in [4.78, 5) is 24.4. The third-order valence-electron chi connectivity index (χ3n) is 5.83. The van der Waals surface area contributed by atoms with Gasteiger partial charge in [-0.25, -0.2) is 0 Å². The fraction of sp³-hybridized carbons (Fsp3) is 0.333. The van der Waals surface area contributed by atoms with Gasteiger partial charge in [0.1, 0.15) is 5.75 Å². The Morgan fingerprint density at radius 3 is 1.85 bits per heavy atom. The first-order valence-corrected chi connectivity index (χ1v) is 13.9. The van der Waals surface area contributed by atoms with E-state index < -0.39 is 8.32 Å². The molecule has 0 spiro atoms. The van der Waals surface area contributed by atoms with Crippen LogP contribution in [0.4, 0.5) is 0 Å². The van der Waals surface area contributed by atoms with E-state index in [0.717, 1.165) is 5.56 Å². The minimum atomic E-state index is -2.02. The molecule has 0 aliphatic heterocycles. The molecule has 0 radical (unpaired) electrons. The van der Waals surface area contributed by atoms with E-state index in [-0.39, 0.29) is 28.8 Å². The maximum absolute atomic E-state index is 12.3. The number of carbonyl (C=O) groups is 2. The second-order valence-corrected chi connectivity index (χ2v) is 14.2. The normalized spacial score (nSPS) is 12.2. The lowest BCUT2D eigenvalue weighted by molar-refractivity contribution is -0.121. The number of hydrogen-bond acceptors (Lipinski definition) is 6. The molecule has 0 amide bonds. The highest BCUT2D eigenvalue weighted by atomic mass is 28.4. The van der Waals surface area contributed by atoms with Crippen LogP contribution in [0, 0.1) is 0 Å². The minimum Gasteiger partial charge on any atom is -0.541 e. The van der Waals surface area contributed by atoms with E-state index in [1.165, 1.54) is 25.3 Å². The Morgan fingerprint density at radius 2 is 1.35 bits per heavy atom. The van der Waals surface area contributed by atoms with Crippen LogP contribution < -0.4 is 13.9 Å². The van der Waals surface area contributed by atoms with Crippen LogP contribution in [0.5, 0.6) is 23.0 Å². The first-order valence-electron chi connectivity index (χ1n) is 11.0. The van der Waals surface area contributed by atoms with Gasteiger partial charge in [-0.05, 0) is 65.7 Å². The number of hydrogen-bond donors (Lipinski definition) is 1. The van der Waals surface area contributed by atoms with Gasteiger partial charge in [0.25, 0.3) is 8.32 Å². The summed E-state index contributed by atoms with van der Waals surface area (Å²) >= 11 is 0. The second-order valence-electron chi connectivity index (χ2n) is 9.48. The van der Waals surface area contributed by atoms with Crippen molar-refractivity contribution < 1.29 is 28.6 Å². The van der Waals surface area contributed by atoms with Gasteiger partial charge in [0, 0.05) is 0 Å². The van der Waals surface area contributed by atoms with Crippen LogP contribution >= 0.6 is 0 Å². The van der Waals surface area contributed by atoms with Gasteiger partial charge in [-0.15, -0.1) is 0 Å². The highest BCUT2D eigenvalue weighted by Crippen LogP contribution is 2.40. The van der Waals surface area contributed by atoms with Gasteiger partial charge in [0.2, 0.25) is 0 Å². The summed E-state index contributed by atoms with van der Waals surface area (Å²) in [6.45, 7) is 10.9. The molecular formula is C27H34O6Si. The summed E-state index contributed by atoms with van der Waals surface area (Å²) in [6, 6.07) is 10.2. The van der Waals surface area contributed by atoms with Crippen molar-refractivity contribution in [3.63, 3.8) is 0 Å². The maximum atomic E-state index is 12.3. The Morgan fingerprint density at radius 1 is 0.853 bits per heavy atom. The molecule has 0 saturated carbocycles. The second kappa shape index (κ2) is 11.2. The average Bonchev–Trinajstić information content (AvgIpc) is 2.76. The van der Waals surface area contributed by atoms with Gasteiger partial charge in [-0.3, -0.25) is 9.59 Å². The summed E-state index contributed by atoms with van der Waals surface area (Å²) in [6.07, 6.45) is 5.72. The molecule has 2 rings (SSSR count). The van der Waals surface area contributed by atoms with Crippen LogP contribution in [-0.4, -0.2) is 39.2 Å². The van der Waals surface area contributed by atoms with Crippen molar-refractivity contribution in [2.24, 2.45) is 0 Å². The highest BCUT2D eigenvalue weighted by molar-refractivity contribution is 6.74. The van der Waals surface area contributed by atoms with Crippen LogP contribution in [0.1, 0.15) is 38.3 Å². The summed E-state index contributed by atoms with van der Waals surface area (Å²) in [7, 11) is 1.01. The van der Waals surface area contributed by atoms with Crippen molar-refractivity contribution >= 4 is 32.0 Å². The SMILES string of the molecule is COc1cc(/C=C/C(=O)CC(=O)/C=C/c2ccc(O[Si](C)(C)C(C)(C)C)c(OC)c2)ccc1O. The Kier molecular flexibility index (Phi) is 8.87. The molecule has 0 saturated heterocycles. The molecule has 2 aromatic rings. The van der Waals surface area contributed by atoms with Crippen molar-refractivity contribution in [1.29, 1.82) is 0 Å². The molecule has 0 heterocycles. The molecule has 0 bridgehead atoms. The number of rotatable bonds is 10. The van der Waals surface area contributed by atoms with Gasteiger partial charge < -0.3 is 19.0 Å².